The maximum Gasteiger partial charge on any atom is 0.138 e. The van der Waals surface area contributed by atoms with Crippen molar-refractivity contribution in [1.29, 1.82) is 0 Å². The van der Waals surface area contributed by atoms with Crippen LogP contribution in [-0.2, 0) is 0 Å². The molecule has 0 atom stereocenters. The van der Waals surface area contributed by atoms with E-state index in [1.54, 1.807) is 12.1 Å². The molecule has 3 heterocycles. The van der Waals surface area contributed by atoms with Crippen LogP contribution in [0.25, 0.3) is 44.8 Å². The normalized spacial score (nSPS) is 14.6. The van der Waals surface area contributed by atoms with E-state index in [4.69, 9.17) is 4.98 Å². The smallest absolute Gasteiger partial charge is 0.138 e. The van der Waals surface area contributed by atoms with Gasteiger partial charge in [0.2, 0.25) is 0 Å². The lowest BCUT2D eigenvalue weighted by Gasteiger charge is -2.34. The van der Waals surface area contributed by atoms with E-state index in [9.17, 15) is 5.11 Å². The quantitative estimate of drug-likeness (QED) is 0.365. The molecule has 0 radical (unpaired) electrons. The summed E-state index contributed by atoms with van der Waals surface area (Å²) in [4.78, 5) is 21.2. The number of benzene rings is 3. The van der Waals surface area contributed by atoms with Crippen LogP contribution in [0, 0.1) is 0 Å². The van der Waals surface area contributed by atoms with Crippen LogP contribution in [0.3, 0.4) is 0 Å². The van der Waals surface area contributed by atoms with E-state index < -0.39 is 0 Å². The van der Waals surface area contributed by atoms with Gasteiger partial charge in [0.15, 0.2) is 0 Å². The van der Waals surface area contributed by atoms with Gasteiger partial charge in [-0.05, 0) is 67.7 Å². The largest absolute Gasteiger partial charge is 0.508 e. The number of anilines is 1. The van der Waals surface area contributed by atoms with Gasteiger partial charge in [-0.3, -0.25) is 0 Å². The molecule has 1 aliphatic heterocycles. The maximum absolute atomic E-state index is 9.52. The van der Waals surface area contributed by atoms with Crippen LogP contribution in [0.2, 0.25) is 0 Å². The van der Waals surface area contributed by atoms with E-state index >= 15 is 0 Å². The Balaban J connectivity index is 0.00000228. The van der Waals surface area contributed by atoms with Crippen molar-refractivity contribution in [3.05, 3.63) is 60.7 Å². The average Bonchev–Trinajstić information content (AvgIpc) is 3.43. The number of nitrogens with zero attached hydrogens (tertiary/aromatic N) is 4. The van der Waals surface area contributed by atoms with Crippen molar-refractivity contribution in [2.45, 2.75) is 0 Å². The molecule has 7 nitrogen and oxygen atoms in total. The fourth-order valence-corrected chi connectivity index (χ4v) is 4.31. The molecule has 5 aromatic rings. The number of hydrogen-bond donors (Lipinski definition) is 3. The van der Waals surface area contributed by atoms with Gasteiger partial charge in [0.05, 0.1) is 22.1 Å². The highest BCUT2D eigenvalue weighted by atomic mass is 35.5. The number of H-pyrrole nitrogens is 2. The number of rotatable bonds is 3. The number of likely N-dealkylation sites (N-methyl/N-ethyl adjacent to an activating group) is 1. The van der Waals surface area contributed by atoms with Gasteiger partial charge in [-0.15, -0.1) is 12.4 Å². The van der Waals surface area contributed by atoms with Gasteiger partial charge in [0.25, 0.3) is 0 Å². The fraction of sp³-hybridized carbons (Fsp3) is 0.200. The van der Waals surface area contributed by atoms with Crippen LogP contribution < -0.4 is 4.90 Å². The Bertz CT molecular complexity index is 1420. The lowest BCUT2D eigenvalue weighted by Crippen LogP contribution is -2.44. The van der Waals surface area contributed by atoms with Crippen molar-refractivity contribution in [2.75, 3.05) is 38.1 Å². The van der Waals surface area contributed by atoms with Crippen molar-refractivity contribution in [1.82, 2.24) is 24.8 Å². The summed E-state index contributed by atoms with van der Waals surface area (Å²) in [5.41, 5.74) is 7.03. The van der Waals surface area contributed by atoms with Crippen molar-refractivity contribution in [3.8, 4) is 28.5 Å². The highest BCUT2D eigenvalue weighted by Crippen LogP contribution is 2.28. The molecule has 1 saturated heterocycles. The summed E-state index contributed by atoms with van der Waals surface area (Å²) in [7, 11) is 2.17. The molecule has 0 aliphatic carbocycles. The maximum atomic E-state index is 9.52. The zero-order chi connectivity index (χ0) is 21.7. The fourth-order valence-electron chi connectivity index (χ4n) is 4.31. The minimum Gasteiger partial charge on any atom is -0.508 e. The van der Waals surface area contributed by atoms with Crippen LogP contribution in [-0.4, -0.2) is 63.2 Å². The molecule has 2 aromatic heterocycles. The van der Waals surface area contributed by atoms with Gasteiger partial charge < -0.3 is 24.9 Å². The number of phenolic OH excluding ortho intramolecular Hbond substituents is 1. The van der Waals surface area contributed by atoms with Gasteiger partial charge in [0.1, 0.15) is 17.4 Å². The lowest BCUT2D eigenvalue weighted by atomic mass is 10.2. The van der Waals surface area contributed by atoms with Gasteiger partial charge >= 0.3 is 0 Å². The summed E-state index contributed by atoms with van der Waals surface area (Å²) >= 11 is 0. The Morgan fingerprint density at radius 2 is 1.30 bits per heavy atom. The van der Waals surface area contributed by atoms with E-state index in [1.807, 2.05) is 24.3 Å². The molecule has 0 spiro atoms. The van der Waals surface area contributed by atoms with Crippen LogP contribution >= 0.6 is 12.4 Å². The first-order chi connectivity index (χ1) is 15.6. The summed E-state index contributed by atoms with van der Waals surface area (Å²) in [6.45, 7) is 4.26. The molecule has 1 aliphatic rings. The number of piperazine rings is 1. The predicted molar refractivity (Wildman–Crippen MR) is 135 cm³/mol. The number of nitrogens with one attached hydrogen (secondary N) is 2. The van der Waals surface area contributed by atoms with Crippen LogP contribution in [0.4, 0.5) is 5.69 Å². The van der Waals surface area contributed by atoms with Crippen molar-refractivity contribution in [2.24, 2.45) is 0 Å². The minimum absolute atomic E-state index is 0. The van der Waals surface area contributed by atoms with E-state index in [2.05, 4.69) is 56.1 Å². The average molecular weight is 461 g/mol. The molecular formula is C25H25ClN6O. The summed E-state index contributed by atoms with van der Waals surface area (Å²) in [5, 5.41) is 9.52. The highest BCUT2D eigenvalue weighted by Gasteiger charge is 2.16. The summed E-state index contributed by atoms with van der Waals surface area (Å²) in [5.74, 6) is 1.87. The molecule has 1 fully saturated rings. The van der Waals surface area contributed by atoms with E-state index in [0.717, 1.165) is 71.0 Å². The molecule has 3 N–H and O–H groups in total. The van der Waals surface area contributed by atoms with Crippen LogP contribution in [0.5, 0.6) is 5.75 Å². The molecule has 0 amide bonds. The molecule has 0 saturated carbocycles. The zero-order valence-corrected chi connectivity index (χ0v) is 19.1. The summed E-state index contributed by atoms with van der Waals surface area (Å²) in [6, 6.07) is 19.6. The Hall–Kier alpha value is -3.55. The highest BCUT2D eigenvalue weighted by molar-refractivity contribution is 5.87. The number of imidazole rings is 2. The third kappa shape index (κ3) is 4.01. The van der Waals surface area contributed by atoms with E-state index in [1.165, 1.54) is 5.69 Å². The number of aromatic hydroxyl groups is 1. The number of phenols is 1. The predicted octanol–water partition coefficient (Wildman–Crippen LogP) is 4.65. The summed E-state index contributed by atoms with van der Waals surface area (Å²) < 4.78 is 0. The SMILES string of the molecule is CN1CCN(c2ccc3nc(-c4ccc5nc(-c6ccc(O)cc6)[nH]c5c4)[nH]c3c2)CC1.Cl. The lowest BCUT2D eigenvalue weighted by molar-refractivity contribution is 0.313. The first-order valence-electron chi connectivity index (χ1n) is 10.9. The van der Waals surface area contributed by atoms with Crippen molar-refractivity contribution >= 4 is 40.2 Å². The molecular weight excluding hydrogens is 436 g/mol. The number of aromatic nitrogens is 4. The second-order valence-electron chi connectivity index (χ2n) is 8.44. The van der Waals surface area contributed by atoms with Crippen LogP contribution in [0.15, 0.2) is 60.7 Å². The second kappa shape index (κ2) is 8.42. The van der Waals surface area contributed by atoms with E-state index in [0.29, 0.717) is 0 Å². The Morgan fingerprint density at radius 1 is 0.727 bits per heavy atom. The number of halogens is 1. The Morgan fingerprint density at radius 3 is 2.00 bits per heavy atom. The molecule has 8 heteroatoms. The summed E-state index contributed by atoms with van der Waals surface area (Å²) in [6.07, 6.45) is 0. The monoisotopic (exact) mass is 460 g/mol. The molecule has 0 unspecified atom stereocenters. The minimum atomic E-state index is 0. The molecule has 0 bridgehead atoms. The third-order valence-corrected chi connectivity index (χ3v) is 6.23. The van der Waals surface area contributed by atoms with Crippen molar-refractivity contribution in [3.63, 3.8) is 0 Å². The van der Waals surface area contributed by atoms with Crippen LogP contribution in [0.1, 0.15) is 0 Å². The first-order valence-corrected chi connectivity index (χ1v) is 10.9. The molecule has 168 valence electrons. The van der Waals surface area contributed by atoms with Gasteiger partial charge in [-0.1, -0.05) is 0 Å². The Kier molecular flexibility index (Phi) is 5.44. The number of fused-ring (bicyclic) bond motifs is 2. The second-order valence-corrected chi connectivity index (χ2v) is 8.44. The number of hydrogen-bond acceptors (Lipinski definition) is 5. The molecule has 3 aromatic carbocycles. The van der Waals surface area contributed by atoms with E-state index in [-0.39, 0.29) is 18.2 Å². The molecule has 33 heavy (non-hydrogen) atoms. The third-order valence-electron chi connectivity index (χ3n) is 6.23. The van der Waals surface area contributed by atoms with Gasteiger partial charge in [-0.25, -0.2) is 9.97 Å². The standard InChI is InChI=1S/C25H24N6O.ClH/c1-30-10-12-31(13-11-30)18-5-9-21-23(15-18)29-25(27-21)17-4-8-20-22(14-17)28-24(26-20)16-2-6-19(32)7-3-16;/h2-9,14-15,32H,10-13H2,1H3,(H,26,28)(H,27,29);1H. The zero-order valence-electron chi connectivity index (χ0n) is 18.2. The number of aromatic amines is 2. The van der Waals surface area contributed by atoms with Crippen molar-refractivity contribution < 1.29 is 5.11 Å². The van der Waals surface area contributed by atoms with Gasteiger partial charge in [-0.2, -0.15) is 0 Å². The Labute approximate surface area is 197 Å². The topological polar surface area (TPSA) is 84.1 Å². The first kappa shape index (κ1) is 21.3. The molecule has 6 rings (SSSR count). The van der Waals surface area contributed by atoms with Gasteiger partial charge in [0, 0.05) is 43.0 Å².